The van der Waals surface area contributed by atoms with Gasteiger partial charge >= 0.3 is 0 Å². The van der Waals surface area contributed by atoms with Crippen molar-refractivity contribution < 1.29 is 9.53 Å². The van der Waals surface area contributed by atoms with E-state index in [1.54, 1.807) is 37.4 Å². The first-order valence-electron chi connectivity index (χ1n) is 9.30. The third-order valence-electron chi connectivity index (χ3n) is 4.70. The maximum Gasteiger partial charge on any atom is 0.266 e. The minimum absolute atomic E-state index is 0.0653. The number of carbonyl (C=O) groups is 1. The van der Waals surface area contributed by atoms with E-state index in [-0.39, 0.29) is 17.5 Å². The van der Waals surface area contributed by atoms with Crippen LogP contribution in [0.15, 0.2) is 52.4 Å². The van der Waals surface area contributed by atoms with Crippen molar-refractivity contribution in [2.24, 2.45) is 0 Å². The Morgan fingerprint density at radius 1 is 1.31 bits per heavy atom. The first-order valence-corrected chi connectivity index (χ1v) is 10.6. The maximum atomic E-state index is 13.4. The molecule has 3 aromatic rings. The SMILES string of the molecule is COc1ccccc1-n1c(SC(C)C(=O)NC2CC2)nc2cc(Cl)ccc2c1=O. The topological polar surface area (TPSA) is 73.2 Å². The largest absolute Gasteiger partial charge is 0.495 e. The minimum atomic E-state index is -0.417. The van der Waals surface area contributed by atoms with E-state index in [0.29, 0.717) is 32.5 Å². The van der Waals surface area contributed by atoms with Crippen molar-refractivity contribution in [3.8, 4) is 11.4 Å². The maximum absolute atomic E-state index is 13.4. The lowest BCUT2D eigenvalue weighted by molar-refractivity contribution is -0.120. The number of rotatable bonds is 6. The lowest BCUT2D eigenvalue weighted by Crippen LogP contribution is -2.33. The van der Waals surface area contributed by atoms with Crippen LogP contribution in [0.5, 0.6) is 5.75 Å². The van der Waals surface area contributed by atoms with Crippen LogP contribution in [-0.2, 0) is 4.79 Å². The second-order valence-electron chi connectivity index (χ2n) is 6.91. The number of methoxy groups -OCH3 is 1. The number of thioether (sulfide) groups is 1. The molecule has 0 radical (unpaired) electrons. The zero-order valence-electron chi connectivity index (χ0n) is 16.0. The predicted molar refractivity (Wildman–Crippen MR) is 115 cm³/mol. The number of fused-ring (bicyclic) bond motifs is 1. The number of aromatic nitrogens is 2. The number of nitrogens with zero attached hydrogens (tertiary/aromatic N) is 2. The van der Waals surface area contributed by atoms with Crippen LogP contribution < -0.4 is 15.6 Å². The third-order valence-corrected chi connectivity index (χ3v) is 5.99. The van der Waals surface area contributed by atoms with E-state index < -0.39 is 5.25 Å². The summed E-state index contributed by atoms with van der Waals surface area (Å²) in [5.74, 6) is 0.478. The van der Waals surface area contributed by atoms with Gasteiger partial charge in [0.2, 0.25) is 5.91 Å². The lowest BCUT2D eigenvalue weighted by atomic mass is 10.2. The Kier molecular flexibility index (Phi) is 5.52. The van der Waals surface area contributed by atoms with E-state index in [2.05, 4.69) is 10.3 Å². The molecule has 1 atom stereocenters. The second kappa shape index (κ2) is 8.08. The summed E-state index contributed by atoms with van der Waals surface area (Å²) in [6.45, 7) is 1.81. The molecule has 29 heavy (non-hydrogen) atoms. The van der Waals surface area contributed by atoms with Crippen LogP contribution in [0.4, 0.5) is 0 Å². The highest BCUT2D eigenvalue weighted by Gasteiger charge is 2.27. The Hall–Kier alpha value is -2.51. The van der Waals surface area contributed by atoms with Crippen LogP contribution in [-0.4, -0.2) is 33.9 Å². The number of carbonyl (C=O) groups excluding carboxylic acids is 1. The third kappa shape index (κ3) is 4.11. The number of hydrogen-bond donors (Lipinski definition) is 1. The smallest absolute Gasteiger partial charge is 0.266 e. The van der Waals surface area contributed by atoms with E-state index >= 15 is 0 Å². The van der Waals surface area contributed by atoms with E-state index in [9.17, 15) is 9.59 Å². The summed E-state index contributed by atoms with van der Waals surface area (Å²) in [5.41, 5.74) is 0.820. The van der Waals surface area contributed by atoms with Gasteiger partial charge in [0.15, 0.2) is 5.16 Å². The monoisotopic (exact) mass is 429 g/mol. The van der Waals surface area contributed by atoms with Gasteiger partial charge in [-0.15, -0.1) is 0 Å². The van der Waals surface area contributed by atoms with Crippen LogP contribution in [0.25, 0.3) is 16.6 Å². The van der Waals surface area contributed by atoms with Crippen molar-refractivity contribution in [1.29, 1.82) is 0 Å². The Morgan fingerprint density at radius 3 is 2.79 bits per heavy atom. The number of nitrogens with one attached hydrogen (secondary N) is 1. The number of amides is 1. The zero-order chi connectivity index (χ0) is 20.5. The summed E-state index contributed by atoms with van der Waals surface area (Å²) >= 11 is 7.35. The van der Waals surface area contributed by atoms with Crippen molar-refractivity contribution in [3.05, 3.63) is 57.8 Å². The first kappa shape index (κ1) is 19.8. The molecule has 1 unspecified atom stereocenters. The fourth-order valence-electron chi connectivity index (χ4n) is 3.00. The fraction of sp³-hybridized carbons (Fsp3) is 0.286. The number of hydrogen-bond acceptors (Lipinski definition) is 5. The van der Waals surface area contributed by atoms with Crippen molar-refractivity contribution in [2.45, 2.75) is 36.2 Å². The van der Waals surface area contributed by atoms with Crippen LogP contribution >= 0.6 is 23.4 Å². The molecule has 1 amide bonds. The van der Waals surface area contributed by atoms with Crippen LogP contribution in [0.1, 0.15) is 19.8 Å². The molecule has 6 nitrogen and oxygen atoms in total. The number of ether oxygens (including phenoxy) is 1. The predicted octanol–water partition coefficient (Wildman–Crippen LogP) is 3.81. The van der Waals surface area contributed by atoms with Gasteiger partial charge in [-0.05, 0) is 50.1 Å². The molecule has 1 fully saturated rings. The van der Waals surface area contributed by atoms with Crippen molar-refractivity contribution >= 4 is 40.2 Å². The molecule has 2 aromatic carbocycles. The molecule has 0 spiro atoms. The Morgan fingerprint density at radius 2 is 2.07 bits per heavy atom. The molecule has 1 N–H and O–H groups in total. The van der Waals surface area contributed by atoms with E-state index in [4.69, 9.17) is 16.3 Å². The summed E-state index contributed by atoms with van der Waals surface area (Å²) in [6, 6.07) is 12.5. The summed E-state index contributed by atoms with van der Waals surface area (Å²) in [6.07, 6.45) is 2.03. The Bertz CT molecular complexity index is 1140. The molecule has 1 aliphatic carbocycles. The highest BCUT2D eigenvalue weighted by atomic mass is 35.5. The molecule has 8 heteroatoms. The normalized spacial score (nSPS) is 14.6. The average Bonchev–Trinajstić information content (AvgIpc) is 3.52. The molecular formula is C21H20ClN3O3S. The van der Waals surface area contributed by atoms with Gasteiger partial charge in [0, 0.05) is 11.1 Å². The van der Waals surface area contributed by atoms with Gasteiger partial charge in [-0.1, -0.05) is 35.5 Å². The minimum Gasteiger partial charge on any atom is -0.495 e. The van der Waals surface area contributed by atoms with E-state index in [1.807, 2.05) is 19.1 Å². The Labute approximate surface area is 177 Å². The molecule has 0 bridgehead atoms. The number of halogens is 1. The summed E-state index contributed by atoms with van der Waals surface area (Å²) in [7, 11) is 1.55. The number of para-hydroxylation sites is 2. The van der Waals surface area contributed by atoms with Gasteiger partial charge in [-0.2, -0.15) is 0 Å². The molecule has 1 heterocycles. The van der Waals surface area contributed by atoms with Gasteiger partial charge in [0.1, 0.15) is 5.75 Å². The molecule has 150 valence electrons. The van der Waals surface area contributed by atoms with Gasteiger partial charge in [-0.25, -0.2) is 4.98 Å². The van der Waals surface area contributed by atoms with Crippen molar-refractivity contribution in [1.82, 2.24) is 14.9 Å². The average molecular weight is 430 g/mol. The molecule has 1 aliphatic rings. The standard InChI is InChI=1S/C21H20ClN3O3S/c1-12(19(26)23-14-8-9-14)29-21-24-16-11-13(22)7-10-15(16)20(27)25(21)17-5-3-4-6-18(17)28-2/h3-7,10-12,14H,8-9H2,1-2H3,(H,23,26). The summed E-state index contributed by atoms with van der Waals surface area (Å²) in [5, 5.41) is 3.93. The molecule has 1 saturated carbocycles. The molecular weight excluding hydrogens is 410 g/mol. The fourth-order valence-corrected chi connectivity index (χ4v) is 4.10. The van der Waals surface area contributed by atoms with Crippen LogP contribution in [0.3, 0.4) is 0 Å². The summed E-state index contributed by atoms with van der Waals surface area (Å²) in [4.78, 5) is 30.5. The second-order valence-corrected chi connectivity index (χ2v) is 8.66. The molecule has 0 aliphatic heterocycles. The van der Waals surface area contributed by atoms with Crippen molar-refractivity contribution in [2.75, 3.05) is 7.11 Å². The lowest BCUT2D eigenvalue weighted by Gasteiger charge is -2.18. The van der Waals surface area contributed by atoms with Crippen LogP contribution in [0, 0.1) is 0 Å². The summed E-state index contributed by atoms with van der Waals surface area (Å²) < 4.78 is 6.96. The molecule has 0 saturated heterocycles. The Balaban J connectivity index is 1.86. The first-order chi connectivity index (χ1) is 14.0. The van der Waals surface area contributed by atoms with E-state index in [0.717, 1.165) is 12.8 Å². The highest BCUT2D eigenvalue weighted by Crippen LogP contribution is 2.30. The van der Waals surface area contributed by atoms with E-state index in [1.165, 1.54) is 16.3 Å². The molecule has 4 rings (SSSR count). The van der Waals surface area contributed by atoms with Crippen LogP contribution in [0.2, 0.25) is 5.02 Å². The zero-order valence-corrected chi connectivity index (χ0v) is 17.6. The van der Waals surface area contributed by atoms with Gasteiger partial charge in [-0.3, -0.25) is 14.2 Å². The van der Waals surface area contributed by atoms with Gasteiger partial charge in [0.05, 0.1) is 29.0 Å². The number of benzene rings is 2. The van der Waals surface area contributed by atoms with Gasteiger partial charge in [0.25, 0.3) is 5.56 Å². The highest BCUT2D eigenvalue weighted by molar-refractivity contribution is 8.00. The van der Waals surface area contributed by atoms with Gasteiger partial charge < -0.3 is 10.1 Å². The quantitative estimate of drug-likeness (QED) is 0.476. The van der Waals surface area contributed by atoms with Crippen molar-refractivity contribution in [3.63, 3.8) is 0 Å². The molecule has 1 aromatic heterocycles.